The highest BCUT2D eigenvalue weighted by Crippen LogP contribution is 2.32. The van der Waals surface area contributed by atoms with E-state index in [1.807, 2.05) is 42.1 Å². The van der Waals surface area contributed by atoms with Crippen LogP contribution in [0.3, 0.4) is 0 Å². The maximum absolute atomic E-state index is 13.3. The fraction of sp³-hybridized carbons (Fsp3) is 0.390. The average Bonchev–Trinajstić information content (AvgIpc) is 3.88. The first-order chi connectivity index (χ1) is 26.2. The number of piperidine rings is 1. The van der Waals surface area contributed by atoms with E-state index in [-0.39, 0.29) is 30.3 Å². The van der Waals surface area contributed by atoms with Crippen LogP contribution in [0.5, 0.6) is 0 Å². The van der Waals surface area contributed by atoms with Crippen molar-refractivity contribution in [2.75, 3.05) is 18.9 Å². The number of unbranched alkanes of at least 4 members (excludes halogenated alkanes) is 5. The predicted octanol–water partition coefficient (Wildman–Crippen LogP) is 5.56. The Labute approximate surface area is 313 Å². The van der Waals surface area contributed by atoms with Crippen molar-refractivity contribution in [3.05, 3.63) is 83.1 Å². The molecule has 4 aromatic heterocycles. The summed E-state index contributed by atoms with van der Waals surface area (Å²) >= 11 is 0. The minimum atomic E-state index is -0.755. The van der Waals surface area contributed by atoms with Crippen LogP contribution >= 0.6 is 0 Å². The number of carbonyl (C=O) groups excluding carboxylic acids is 4. The van der Waals surface area contributed by atoms with E-state index in [1.54, 1.807) is 18.2 Å². The molecule has 4 N–H and O–H groups in total. The van der Waals surface area contributed by atoms with Gasteiger partial charge in [0.05, 0.1) is 16.7 Å². The summed E-state index contributed by atoms with van der Waals surface area (Å²) in [7, 11) is 2.15. The summed E-state index contributed by atoms with van der Waals surface area (Å²) in [5.41, 5.74) is 5.26. The molecular weight excluding hydrogens is 683 g/mol. The van der Waals surface area contributed by atoms with E-state index >= 15 is 0 Å². The SMILES string of the molecule is Cc1nn(CCCCCCCC#Cc2cccc(C(=O)N[C@H]3CCC(=O)NC3=O)n2)c2cc(C(=O)Nc3cc4[nH]c([C@H]5CCCN5C)cc4cn3)ccc12. The molecule has 6 heterocycles. The number of pyridine rings is 2. The van der Waals surface area contributed by atoms with Gasteiger partial charge < -0.3 is 15.6 Å². The number of aromatic amines is 1. The van der Waals surface area contributed by atoms with Crippen LogP contribution < -0.4 is 16.0 Å². The number of benzene rings is 1. The molecule has 5 aromatic rings. The summed E-state index contributed by atoms with van der Waals surface area (Å²) in [6.45, 7) is 3.85. The molecule has 13 nitrogen and oxygen atoms in total. The number of carbonyl (C=O) groups is 4. The van der Waals surface area contributed by atoms with Gasteiger partial charge in [0.1, 0.15) is 23.2 Å². The zero-order valence-electron chi connectivity index (χ0n) is 30.7. The Morgan fingerprint density at radius 2 is 1.85 bits per heavy atom. The van der Waals surface area contributed by atoms with E-state index in [2.05, 4.69) is 60.8 Å². The lowest BCUT2D eigenvalue weighted by atomic mass is 10.1. The van der Waals surface area contributed by atoms with E-state index in [0.29, 0.717) is 23.1 Å². The monoisotopic (exact) mass is 727 g/mol. The minimum absolute atomic E-state index is 0.176. The van der Waals surface area contributed by atoms with E-state index < -0.39 is 17.9 Å². The van der Waals surface area contributed by atoms with E-state index in [9.17, 15) is 19.2 Å². The van der Waals surface area contributed by atoms with Crippen LogP contribution in [-0.4, -0.2) is 72.9 Å². The normalized spacial score (nSPS) is 17.4. The molecular formula is C41H45N9O4. The van der Waals surface area contributed by atoms with Gasteiger partial charge in [-0.1, -0.05) is 37.3 Å². The van der Waals surface area contributed by atoms with Crippen molar-refractivity contribution in [3.63, 3.8) is 0 Å². The Balaban J connectivity index is 0.858. The van der Waals surface area contributed by atoms with Crippen molar-refractivity contribution in [1.29, 1.82) is 0 Å². The second-order valence-electron chi connectivity index (χ2n) is 14.2. The summed E-state index contributed by atoms with van der Waals surface area (Å²) in [5.74, 6) is 5.17. The van der Waals surface area contributed by atoms with Gasteiger partial charge in [-0.3, -0.25) is 34.1 Å². The topological polar surface area (TPSA) is 167 Å². The third-order valence-corrected chi connectivity index (χ3v) is 10.3. The van der Waals surface area contributed by atoms with Gasteiger partial charge in [0.25, 0.3) is 11.8 Å². The van der Waals surface area contributed by atoms with Gasteiger partial charge >= 0.3 is 0 Å². The third kappa shape index (κ3) is 8.50. The highest BCUT2D eigenvalue weighted by molar-refractivity contribution is 6.06. The highest BCUT2D eigenvalue weighted by atomic mass is 16.2. The van der Waals surface area contributed by atoms with Gasteiger partial charge in [-0.05, 0) is 88.9 Å². The zero-order chi connectivity index (χ0) is 37.6. The lowest BCUT2D eigenvalue weighted by molar-refractivity contribution is -0.134. The van der Waals surface area contributed by atoms with Crippen LogP contribution in [-0.2, 0) is 16.1 Å². The molecule has 0 spiro atoms. The number of anilines is 1. The quantitative estimate of drug-likeness (QED) is 0.0736. The number of aryl methyl sites for hydroxylation is 2. The van der Waals surface area contributed by atoms with Crippen LogP contribution in [0.15, 0.2) is 54.7 Å². The lowest BCUT2D eigenvalue weighted by Gasteiger charge is -2.21. The Hall–Kier alpha value is -5.87. The number of aromatic nitrogens is 5. The molecule has 0 unspecified atom stereocenters. The number of fused-ring (bicyclic) bond motifs is 2. The maximum Gasteiger partial charge on any atom is 0.270 e. The van der Waals surface area contributed by atoms with Gasteiger partial charge in [0.2, 0.25) is 11.8 Å². The van der Waals surface area contributed by atoms with Crippen molar-refractivity contribution in [2.45, 2.75) is 89.8 Å². The first-order valence-electron chi connectivity index (χ1n) is 18.8. The molecule has 4 amide bonds. The molecule has 2 aliphatic rings. The fourth-order valence-corrected chi connectivity index (χ4v) is 7.29. The number of nitrogens with zero attached hydrogens (tertiary/aromatic N) is 5. The number of likely N-dealkylation sites (tertiary alicyclic amines) is 1. The maximum atomic E-state index is 13.3. The summed E-state index contributed by atoms with van der Waals surface area (Å²) < 4.78 is 2.00. The van der Waals surface area contributed by atoms with Crippen molar-refractivity contribution in [3.8, 4) is 11.8 Å². The van der Waals surface area contributed by atoms with Crippen LogP contribution in [0, 0.1) is 18.8 Å². The van der Waals surface area contributed by atoms with Crippen molar-refractivity contribution >= 4 is 51.3 Å². The fourth-order valence-electron chi connectivity index (χ4n) is 7.29. The standard InChI is InChI=1S/C41H45N9O4/c1-26-30-17-16-27(39(52)46-37-24-33-28(25-42-37)22-34(44-33)35-15-11-20-49(35)2)23-36(30)50(48-26)21-9-7-5-3-4-6-8-12-29-13-10-14-31(43-29)40(53)45-32-18-19-38(51)47-41(32)54/h10,13-14,16-17,22-25,32,35,44H,3-7,9,11,15,18-21H2,1-2H3,(H,45,53)(H,42,46,52)(H,47,51,54)/t32-,35+/m0/s1. The minimum Gasteiger partial charge on any atom is -0.357 e. The van der Waals surface area contributed by atoms with E-state index in [1.165, 1.54) is 12.1 Å². The van der Waals surface area contributed by atoms with Crippen molar-refractivity contribution < 1.29 is 19.2 Å². The summed E-state index contributed by atoms with van der Waals surface area (Å²) in [6, 6.07) is 14.5. The second kappa shape index (κ2) is 16.4. The smallest absolute Gasteiger partial charge is 0.270 e. The molecule has 0 aliphatic carbocycles. The van der Waals surface area contributed by atoms with Crippen LogP contribution in [0.2, 0.25) is 0 Å². The molecule has 0 saturated carbocycles. The number of H-pyrrole nitrogens is 1. The van der Waals surface area contributed by atoms with Gasteiger partial charge in [-0.15, -0.1) is 0 Å². The third-order valence-electron chi connectivity index (χ3n) is 10.3. The average molecular weight is 728 g/mol. The molecule has 7 rings (SSSR count). The molecule has 0 bridgehead atoms. The number of imide groups is 1. The predicted molar refractivity (Wildman–Crippen MR) is 206 cm³/mol. The van der Waals surface area contributed by atoms with Crippen molar-refractivity contribution in [1.82, 2.24) is 40.3 Å². The largest absolute Gasteiger partial charge is 0.357 e. The van der Waals surface area contributed by atoms with Crippen LogP contribution in [0.1, 0.15) is 108 Å². The first-order valence-corrected chi connectivity index (χ1v) is 18.8. The molecule has 2 atom stereocenters. The van der Waals surface area contributed by atoms with Crippen LogP contribution in [0.25, 0.3) is 21.8 Å². The first kappa shape index (κ1) is 36.5. The lowest BCUT2D eigenvalue weighted by Crippen LogP contribution is -2.52. The molecule has 1 aromatic carbocycles. The Morgan fingerprint density at radius 1 is 1.00 bits per heavy atom. The molecule has 54 heavy (non-hydrogen) atoms. The molecule has 13 heteroatoms. The highest BCUT2D eigenvalue weighted by Gasteiger charge is 2.28. The molecule has 0 radical (unpaired) electrons. The molecule has 2 aliphatic heterocycles. The number of hydrogen-bond acceptors (Lipinski definition) is 8. The Bertz CT molecular complexity index is 2280. The van der Waals surface area contributed by atoms with Gasteiger partial charge in [0.15, 0.2) is 0 Å². The Morgan fingerprint density at radius 3 is 2.69 bits per heavy atom. The molecule has 2 saturated heterocycles. The Kier molecular flexibility index (Phi) is 11.1. The number of hydrogen-bond donors (Lipinski definition) is 4. The zero-order valence-corrected chi connectivity index (χ0v) is 30.7. The van der Waals surface area contributed by atoms with E-state index in [4.69, 9.17) is 5.10 Å². The van der Waals surface area contributed by atoms with Gasteiger partial charge in [-0.25, -0.2) is 9.97 Å². The molecule has 2 fully saturated rings. The summed E-state index contributed by atoms with van der Waals surface area (Å²) in [6.07, 6.45) is 10.4. The summed E-state index contributed by atoms with van der Waals surface area (Å²) in [4.78, 5) is 64.0. The van der Waals surface area contributed by atoms with Crippen molar-refractivity contribution in [2.24, 2.45) is 0 Å². The van der Waals surface area contributed by atoms with E-state index in [0.717, 1.165) is 85.5 Å². The van der Waals surface area contributed by atoms with Gasteiger partial charge in [-0.2, -0.15) is 5.10 Å². The number of nitrogens with one attached hydrogen (secondary N) is 4. The van der Waals surface area contributed by atoms with Crippen LogP contribution in [0.4, 0.5) is 5.82 Å². The summed E-state index contributed by atoms with van der Waals surface area (Å²) in [5, 5.41) is 14.7. The number of rotatable bonds is 12. The molecule has 278 valence electrons. The second-order valence-corrected chi connectivity index (χ2v) is 14.2. The van der Waals surface area contributed by atoms with Gasteiger partial charge in [0, 0.05) is 59.7 Å². The number of amides is 4.